The Morgan fingerprint density at radius 1 is 1.10 bits per heavy atom. The van der Waals surface area contributed by atoms with Crippen molar-refractivity contribution in [1.82, 2.24) is 9.62 Å². The van der Waals surface area contributed by atoms with Crippen molar-refractivity contribution in [2.45, 2.75) is 49.5 Å². The Kier molecular flexibility index (Phi) is 6.11. The quantitative estimate of drug-likeness (QED) is 0.746. The third kappa shape index (κ3) is 4.65. The fourth-order valence-electron chi connectivity index (χ4n) is 4.32. The largest absolute Gasteiger partial charge is 0.348 e. The van der Waals surface area contributed by atoms with E-state index in [1.165, 1.54) is 18.7 Å². The summed E-state index contributed by atoms with van der Waals surface area (Å²) in [6.07, 6.45) is 4.54. The van der Waals surface area contributed by atoms with Gasteiger partial charge in [0.2, 0.25) is 21.8 Å². The Morgan fingerprint density at radius 3 is 2.71 bits per heavy atom. The van der Waals surface area contributed by atoms with Gasteiger partial charge in [0.1, 0.15) is 0 Å². The van der Waals surface area contributed by atoms with Crippen LogP contribution in [0.2, 0.25) is 0 Å². The Balaban J connectivity index is 1.46. The monoisotopic (exact) mass is 441 g/mol. The van der Waals surface area contributed by atoms with Crippen molar-refractivity contribution in [2.75, 3.05) is 18.9 Å². The third-order valence-electron chi connectivity index (χ3n) is 5.98. The highest BCUT2D eigenvalue weighted by Crippen LogP contribution is 2.30. The highest BCUT2D eigenvalue weighted by molar-refractivity contribution is 7.89. The molecule has 1 aliphatic carbocycles. The molecule has 2 aliphatic rings. The number of hydrogen-bond donors (Lipinski definition) is 2. The van der Waals surface area contributed by atoms with Crippen LogP contribution in [0.1, 0.15) is 48.4 Å². The Bertz CT molecular complexity index is 1110. The Labute approximate surface area is 182 Å². The molecule has 2 aromatic rings. The van der Waals surface area contributed by atoms with E-state index in [2.05, 4.69) is 16.7 Å². The van der Waals surface area contributed by atoms with Crippen LogP contribution in [-0.2, 0) is 32.5 Å². The summed E-state index contributed by atoms with van der Waals surface area (Å²) in [5.41, 5.74) is 3.79. The molecular formula is C23H27N3O4S. The first-order chi connectivity index (χ1) is 14.8. The summed E-state index contributed by atoms with van der Waals surface area (Å²) in [5.74, 6) is -0.387. The van der Waals surface area contributed by atoms with E-state index >= 15 is 0 Å². The van der Waals surface area contributed by atoms with Crippen LogP contribution >= 0.6 is 0 Å². The first-order valence-electron chi connectivity index (χ1n) is 10.6. The molecule has 0 saturated carbocycles. The molecule has 31 heavy (non-hydrogen) atoms. The topological polar surface area (TPSA) is 95.6 Å². The van der Waals surface area contributed by atoms with Crippen LogP contribution in [0.4, 0.5) is 5.69 Å². The highest BCUT2D eigenvalue weighted by Gasteiger charge is 2.27. The normalized spacial score (nSPS) is 18.5. The van der Waals surface area contributed by atoms with Gasteiger partial charge in [0.05, 0.1) is 17.5 Å². The number of carbonyl (C=O) groups excluding carboxylic acids is 2. The summed E-state index contributed by atoms with van der Waals surface area (Å²) in [5, 5.41) is 5.80. The maximum absolute atomic E-state index is 13.1. The summed E-state index contributed by atoms with van der Waals surface area (Å²) < 4.78 is 27.2. The molecular weight excluding hydrogens is 414 g/mol. The van der Waals surface area contributed by atoms with Crippen LogP contribution in [0.3, 0.4) is 0 Å². The molecule has 0 spiro atoms. The van der Waals surface area contributed by atoms with Gasteiger partial charge >= 0.3 is 0 Å². The van der Waals surface area contributed by atoms with Gasteiger partial charge < -0.3 is 10.6 Å². The van der Waals surface area contributed by atoms with E-state index in [0.717, 1.165) is 34.7 Å². The number of benzene rings is 2. The first-order valence-corrected chi connectivity index (χ1v) is 12.0. The molecule has 164 valence electrons. The molecule has 1 unspecified atom stereocenters. The van der Waals surface area contributed by atoms with Gasteiger partial charge in [-0.25, -0.2) is 8.42 Å². The van der Waals surface area contributed by atoms with Crippen LogP contribution in [0, 0.1) is 0 Å². The van der Waals surface area contributed by atoms with Crippen LogP contribution in [0.25, 0.3) is 0 Å². The molecule has 0 saturated heterocycles. The molecule has 2 amide bonds. The number of anilines is 1. The number of aryl methyl sites for hydroxylation is 2. The van der Waals surface area contributed by atoms with Crippen molar-refractivity contribution in [1.29, 1.82) is 0 Å². The molecule has 0 bridgehead atoms. The van der Waals surface area contributed by atoms with Crippen molar-refractivity contribution in [3.05, 3.63) is 59.2 Å². The van der Waals surface area contributed by atoms with Gasteiger partial charge in [-0.1, -0.05) is 24.3 Å². The molecule has 2 aromatic carbocycles. The van der Waals surface area contributed by atoms with E-state index in [1.807, 2.05) is 18.2 Å². The minimum atomic E-state index is -3.83. The van der Waals surface area contributed by atoms with Gasteiger partial charge in [0.25, 0.3) is 0 Å². The number of amides is 2. The second-order valence-corrected chi connectivity index (χ2v) is 10.2. The summed E-state index contributed by atoms with van der Waals surface area (Å²) in [6.45, 7) is -0.255. The summed E-state index contributed by atoms with van der Waals surface area (Å²) >= 11 is 0. The fraction of sp³-hybridized carbons (Fsp3) is 0.391. The zero-order valence-corrected chi connectivity index (χ0v) is 18.4. The fourth-order valence-corrected chi connectivity index (χ4v) is 5.50. The molecule has 0 aromatic heterocycles. The van der Waals surface area contributed by atoms with Crippen molar-refractivity contribution >= 4 is 27.5 Å². The molecule has 1 atom stereocenters. The van der Waals surface area contributed by atoms with Crippen LogP contribution in [-0.4, -0.2) is 38.1 Å². The minimum absolute atomic E-state index is 0.0626. The molecule has 4 rings (SSSR count). The van der Waals surface area contributed by atoms with E-state index in [9.17, 15) is 18.0 Å². The number of hydrogen-bond acceptors (Lipinski definition) is 4. The zero-order chi connectivity index (χ0) is 22.0. The molecule has 7 nitrogen and oxygen atoms in total. The van der Waals surface area contributed by atoms with Crippen LogP contribution in [0.5, 0.6) is 0 Å². The van der Waals surface area contributed by atoms with Crippen molar-refractivity contribution in [3.8, 4) is 0 Å². The second kappa shape index (κ2) is 8.80. The maximum Gasteiger partial charge on any atom is 0.243 e. The molecule has 8 heteroatoms. The van der Waals surface area contributed by atoms with E-state index in [1.54, 1.807) is 12.1 Å². The van der Waals surface area contributed by atoms with Crippen molar-refractivity contribution < 1.29 is 18.0 Å². The number of carbonyl (C=O) groups is 2. The van der Waals surface area contributed by atoms with Gasteiger partial charge in [-0.2, -0.15) is 4.31 Å². The van der Waals surface area contributed by atoms with Crippen LogP contribution in [0.15, 0.2) is 47.4 Å². The number of nitrogens with zero attached hydrogens (tertiary/aromatic N) is 1. The SMILES string of the molecule is CN(CC(=O)NC1CCCc2ccccc21)S(=O)(=O)c1ccc2c(c1)CCCC(=O)N2. The van der Waals surface area contributed by atoms with Gasteiger partial charge in [0.15, 0.2) is 0 Å². The molecule has 1 aliphatic heterocycles. The van der Waals surface area contributed by atoms with Gasteiger partial charge in [0, 0.05) is 19.2 Å². The predicted molar refractivity (Wildman–Crippen MR) is 118 cm³/mol. The van der Waals surface area contributed by atoms with E-state index in [0.29, 0.717) is 24.9 Å². The maximum atomic E-state index is 13.1. The van der Waals surface area contributed by atoms with E-state index < -0.39 is 10.0 Å². The number of sulfonamides is 1. The zero-order valence-electron chi connectivity index (χ0n) is 17.6. The average molecular weight is 442 g/mol. The molecule has 2 N–H and O–H groups in total. The average Bonchev–Trinajstić information content (AvgIpc) is 2.93. The lowest BCUT2D eigenvalue weighted by Crippen LogP contribution is -2.40. The standard InChI is InChI=1S/C23H27N3O4S/c1-26(15-23(28)25-21-10-4-7-16-6-2-3-9-19(16)21)31(29,30)18-12-13-20-17(14-18)8-5-11-22(27)24-20/h2-3,6,9,12-14,21H,4-5,7-8,10-11,15H2,1H3,(H,24,27)(H,25,28). The number of fused-ring (bicyclic) bond motifs is 2. The lowest BCUT2D eigenvalue weighted by molar-refractivity contribution is -0.122. The summed E-state index contributed by atoms with van der Waals surface area (Å²) in [7, 11) is -2.42. The number of rotatable bonds is 5. The highest BCUT2D eigenvalue weighted by atomic mass is 32.2. The van der Waals surface area contributed by atoms with Crippen molar-refractivity contribution in [2.24, 2.45) is 0 Å². The van der Waals surface area contributed by atoms with E-state index in [4.69, 9.17) is 0 Å². The van der Waals surface area contributed by atoms with Crippen LogP contribution < -0.4 is 10.6 Å². The molecule has 1 heterocycles. The Morgan fingerprint density at radius 2 is 1.87 bits per heavy atom. The summed E-state index contributed by atoms with van der Waals surface area (Å²) in [4.78, 5) is 24.5. The third-order valence-corrected chi connectivity index (χ3v) is 7.78. The molecule has 0 radical (unpaired) electrons. The predicted octanol–water partition coefficient (Wildman–Crippen LogP) is 2.78. The smallest absolute Gasteiger partial charge is 0.243 e. The number of likely N-dealkylation sites (N-methyl/N-ethyl adjacent to an activating group) is 1. The minimum Gasteiger partial charge on any atom is -0.348 e. The Hall–Kier alpha value is -2.71. The first kappa shape index (κ1) is 21.5. The lowest BCUT2D eigenvalue weighted by Gasteiger charge is -2.27. The molecule has 0 fully saturated rings. The lowest BCUT2D eigenvalue weighted by atomic mass is 9.88. The van der Waals surface area contributed by atoms with Gasteiger partial charge in [-0.15, -0.1) is 0 Å². The van der Waals surface area contributed by atoms with Gasteiger partial charge in [-0.05, 0) is 67.0 Å². The van der Waals surface area contributed by atoms with Crippen molar-refractivity contribution in [3.63, 3.8) is 0 Å². The van der Waals surface area contributed by atoms with E-state index in [-0.39, 0.29) is 29.3 Å². The van der Waals surface area contributed by atoms with Gasteiger partial charge in [-0.3, -0.25) is 9.59 Å². The number of nitrogens with one attached hydrogen (secondary N) is 2. The summed E-state index contributed by atoms with van der Waals surface area (Å²) in [6, 6.07) is 12.7. The second-order valence-electron chi connectivity index (χ2n) is 8.19.